The van der Waals surface area contributed by atoms with Crippen LogP contribution in [-0.4, -0.2) is 6.18 Å². The molecule has 0 saturated heterocycles. The molecule has 0 aliphatic rings. The zero-order chi connectivity index (χ0) is 14.1. The third-order valence-electron chi connectivity index (χ3n) is 1.40. The Kier molecular flexibility index (Phi) is 8.79. The SMILES string of the molecule is CC.CC(F)(F)F.Cc1cc(C#N)ccc1N. The monoisotopic (exact) mass is 246 g/mol. The normalized spacial score (nSPS) is 9.06. The zero-order valence-corrected chi connectivity index (χ0v) is 10.4. The van der Waals surface area contributed by atoms with Crippen molar-refractivity contribution in [2.45, 2.75) is 33.9 Å². The molecule has 0 aromatic heterocycles. The third-order valence-corrected chi connectivity index (χ3v) is 1.40. The molecule has 96 valence electrons. The van der Waals surface area contributed by atoms with Gasteiger partial charge >= 0.3 is 6.18 Å². The number of rotatable bonds is 0. The summed E-state index contributed by atoms with van der Waals surface area (Å²) in [5.74, 6) is 0. The summed E-state index contributed by atoms with van der Waals surface area (Å²) in [5, 5.41) is 8.46. The lowest BCUT2D eigenvalue weighted by molar-refractivity contribution is -0.110. The van der Waals surface area contributed by atoms with Crippen molar-refractivity contribution in [2.75, 3.05) is 5.73 Å². The van der Waals surface area contributed by atoms with Gasteiger partial charge in [-0.2, -0.15) is 18.4 Å². The summed E-state index contributed by atoms with van der Waals surface area (Å²) < 4.78 is 31.1. The Balaban J connectivity index is 0. The number of nitrogens with two attached hydrogens (primary N) is 1. The number of alkyl halides is 3. The fourth-order valence-corrected chi connectivity index (χ4v) is 0.745. The maximum atomic E-state index is 10.4. The highest BCUT2D eigenvalue weighted by atomic mass is 19.4. The first-order chi connectivity index (χ1) is 7.74. The molecule has 0 heterocycles. The fraction of sp³-hybridized carbons (Fsp3) is 0.417. The van der Waals surface area contributed by atoms with E-state index in [1.165, 1.54) is 0 Å². The summed E-state index contributed by atoms with van der Waals surface area (Å²) in [4.78, 5) is 0. The number of hydrogen-bond donors (Lipinski definition) is 1. The van der Waals surface area contributed by atoms with E-state index in [-0.39, 0.29) is 6.92 Å². The van der Waals surface area contributed by atoms with Gasteiger partial charge in [0, 0.05) is 12.6 Å². The first-order valence-electron chi connectivity index (χ1n) is 5.07. The second kappa shape index (κ2) is 8.45. The van der Waals surface area contributed by atoms with Crippen LogP contribution in [0.5, 0.6) is 0 Å². The number of nitrogens with zero attached hydrogens (tertiary/aromatic N) is 1. The summed E-state index contributed by atoms with van der Waals surface area (Å²) in [6, 6.07) is 7.27. The second-order valence-electron chi connectivity index (χ2n) is 2.96. The van der Waals surface area contributed by atoms with Gasteiger partial charge < -0.3 is 5.73 Å². The van der Waals surface area contributed by atoms with Crippen molar-refractivity contribution in [2.24, 2.45) is 0 Å². The van der Waals surface area contributed by atoms with Crippen LogP contribution >= 0.6 is 0 Å². The quantitative estimate of drug-likeness (QED) is 0.702. The first kappa shape index (κ1) is 17.7. The number of halogens is 3. The van der Waals surface area contributed by atoms with Gasteiger partial charge in [0.15, 0.2) is 0 Å². The average Bonchev–Trinajstić information content (AvgIpc) is 2.23. The zero-order valence-electron chi connectivity index (χ0n) is 10.4. The minimum absolute atomic E-state index is 0.188. The van der Waals surface area contributed by atoms with Crippen LogP contribution in [0.4, 0.5) is 18.9 Å². The molecule has 2 nitrogen and oxygen atoms in total. The highest BCUT2D eigenvalue weighted by Gasteiger charge is 2.15. The molecule has 0 aliphatic heterocycles. The Bertz CT molecular complexity index is 359. The smallest absolute Gasteiger partial charge is 0.386 e. The highest BCUT2D eigenvalue weighted by Crippen LogP contribution is 2.11. The van der Waals surface area contributed by atoms with E-state index in [4.69, 9.17) is 11.0 Å². The van der Waals surface area contributed by atoms with Crippen LogP contribution in [0, 0.1) is 18.3 Å². The summed E-state index contributed by atoms with van der Waals surface area (Å²) in [6.45, 7) is 6.07. The molecule has 0 spiro atoms. The van der Waals surface area contributed by atoms with E-state index in [1.807, 2.05) is 26.8 Å². The van der Waals surface area contributed by atoms with Crippen LogP contribution in [0.15, 0.2) is 18.2 Å². The molecular weight excluding hydrogens is 229 g/mol. The molecule has 1 aromatic rings. The van der Waals surface area contributed by atoms with Gasteiger partial charge in [0.1, 0.15) is 0 Å². The Hall–Kier alpha value is -1.70. The lowest BCUT2D eigenvalue weighted by atomic mass is 10.1. The highest BCUT2D eigenvalue weighted by molar-refractivity contribution is 5.50. The molecule has 0 fully saturated rings. The van der Waals surface area contributed by atoms with E-state index < -0.39 is 6.18 Å². The van der Waals surface area contributed by atoms with Crippen LogP contribution in [0.2, 0.25) is 0 Å². The summed E-state index contributed by atoms with van der Waals surface area (Å²) in [6.07, 6.45) is -4.00. The van der Waals surface area contributed by atoms with Crippen molar-refractivity contribution >= 4 is 5.69 Å². The number of aryl methyl sites for hydroxylation is 1. The predicted molar refractivity (Wildman–Crippen MR) is 63.4 cm³/mol. The molecule has 0 amide bonds. The number of anilines is 1. The molecule has 5 heteroatoms. The van der Waals surface area contributed by atoms with Crippen LogP contribution in [0.3, 0.4) is 0 Å². The van der Waals surface area contributed by atoms with E-state index in [9.17, 15) is 13.2 Å². The molecule has 17 heavy (non-hydrogen) atoms. The van der Waals surface area contributed by atoms with Crippen LogP contribution in [0.25, 0.3) is 0 Å². The minimum Gasteiger partial charge on any atom is -0.399 e. The van der Waals surface area contributed by atoms with Crippen LogP contribution in [0.1, 0.15) is 31.9 Å². The summed E-state index contributed by atoms with van der Waals surface area (Å²) in [7, 11) is 0. The van der Waals surface area contributed by atoms with Gasteiger partial charge in [-0.15, -0.1) is 0 Å². The molecule has 1 aromatic carbocycles. The Morgan fingerprint density at radius 3 is 1.94 bits per heavy atom. The van der Waals surface area contributed by atoms with Gasteiger partial charge in [0.2, 0.25) is 0 Å². The summed E-state index contributed by atoms with van der Waals surface area (Å²) in [5.41, 5.74) is 7.89. The Labute approximate surface area is 99.9 Å². The van der Waals surface area contributed by atoms with Gasteiger partial charge in [0.25, 0.3) is 0 Å². The van der Waals surface area contributed by atoms with Crippen molar-refractivity contribution in [1.82, 2.24) is 0 Å². The van der Waals surface area contributed by atoms with Crippen molar-refractivity contribution < 1.29 is 13.2 Å². The lowest BCUT2D eigenvalue weighted by Crippen LogP contribution is -1.95. The average molecular weight is 246 g/mol. The Morgan fingerprint density at radius 2 is 1.65 bits per heavy atom. The van der Waals surface area contributed by atoms with Crippen molar-refractivity contribution in [3.8, 4) is 6.07 Å². The molecule has 2 N–H and O–H groups in total. The molecule has 0 saturated carbocycles. The number of nitrogen functional groups attached to an aromatic ring is 1. The molecule has 0 bridgehead atoms. The topological polar surface area (TPSA) is 49.8 Å². The van der Waals surface area contributed by atoms with Gasteiger partial charge in [-0.25, -0.2) is 0 Å². The molecule has 1 rings (SSSR count). The molecular formula is C12H17F3N2. The van der Waals surface area contributed by atoms with E-state index in [1.54, 1.807) is 18.2 Å². The molecule has 0 radical (unpaired) electrons. The second-order valence-corrected chi connectivity index (χ2v) is 2.96. The first-order valence-corrected chi connectivity index (χ1v) is 5.07. The van der Waals surface area contributed by atoms with E-state index in [0.29, 0.717) is 5.56 Å². The predicted octanol–water partition coefficient (Wildman–Crippen LogP) is 4.04. The number of benzene rings is 1. The van der Waals surface area contributed by atoms with Gasteiger partial charge in [-0.1, -0.05) is 13.8 Å². The van der Waals surface area contributed by atoms with Crippen LogP contribution in [-0.2, 0) is 0 Å². The van der Waals surface area contributed by atoms with E-state index in [2.05, 4.69) is 0 Å². The number of nitriles is 1. The third kappa shape index (κ3) is 12.2. The van der Waals surface area contributed by atoms with Gasteiger partial charge in [-0.05, 0) is 30.7 Å². The van der Waals surface area contributed by atoms with Gasteiger partial charge in [-0.3, -0.25) is 0 Å². The maximum Gasteiger partial charge on any atom is 0.386 e. The standard InChI is InChI=1S/C8H8N2.C2H3F3.C2H6/c1-6-4-7(5-9)2-3-8(6)10;1-2(3,4)5;1-2/h2-4H,10H2,1H3;1H3;1-2H3. The van der Waals surface area contributed by atoms with Crippen molar-refractivity contribution in [3.63, 3.8) is 0 Å². The van der Waals surface area contributed by atoms with Crippen molar-refractivity contribution in [1.29, 1.82) is 5.26 Å². The summed E-state index contributed by atoms with van der Waals surface area (Å²) >= 11 is 0. The van der Waals surface area contributed by atoms with Crippen LogP contribution < -0.4 is 5.73 Å². The van der Waals surface area contributed by atoms with Gasteiger partial charge in [0.05, 0.1) is 11.6 Å². The fourth-order valence-electron chi connectivity index (χ4n) is 0.745. The largest absolute Gasteiger partial charge is 0.399 e. The molecule has 0 aliphatic carbocycles. The maximum absolute atomic E-state index is 10.4. The van der Waals surface area contributed by atoms with E-state index >= 15 is 0 Å². The Morgan fingerprint density at radius 1 is 1.24 bits per heavy atom. The number of hydrogen-bond acceptors (Lipinski definition) is 2. The molecule has 0 atom stereocenters. The molecule has 0 unspecified atom stereocenters. The van der Waals surface area contributed by atoms with E-state index in [0.717, 1.165) is 11.3 Å². The lowest BCUT2D eigenvalue weighted by Gasteiger charge is -1.97. The van der Waals surface area contributed by atoms with Crippen molar-refractivity contribution in [3.05, 3.63) is 29.3 Å². The minimum atomic E-state index is -4.00.